The van der Waals surface area contributed by atoms with Gasteiger partial charge in [-0.3, -0.25) is 9.59 Å². The van der Waals surface area contributed by atoms with Gasteiger partial charge in [0, 0.05) is 24.5 Å². The van der Waals surface area contributed by atoms with Gasteiger partial charge in [0.15, 0.2) is 0 Å². The number of nitrogens with one attached hydrogen (secondary N) is 3. The van der Waals surface area contributed by atoms with E-state index in [2.05, 4.69) is 31.6 Å². The number of carbonyl (C=O) groups excluding carboxylic acids is 2. The molecule has 1 atom stereocenters. The highest BCUT2D eigenvalue weighted by Crippen LogP contribution is 2.36. The Morgan fingerprint density at radius 2 is 1.77 bits per heavy atom. The molecule has 3 N–H and O–H groups in total. The second-order valence-electron chi connectivity index (χ2n) is 11.3. The molecule has 2 heterocycles. The number of fused-ring (bicyclic) bond motifs is 2. The highest BCUT2D eigenvalue weighted by molar-refractivity contribution is 5.82. The molecular weight excluding hydrogens is 502 g/mol. The number of amides is 1. The number of esters is 1. The van der Waals surface area contributed by atoms with E-state index in [-0.39, 0.29) is 24.3 Å². The molecule has 4 aromatic rings. The molecular formula is C32H37N5O3. The van der Waals surface area contributed by atoms with Gasteiger partial charge in [0.05, 0.1) is 24.0 Å². The Bertz CT molecular complexity index is 1440. The highest BCUT2D eigenvalue weighted by Gasteiger charge is 2.27. The second kappa shape index (κ2) is 11.8. The van der Waals surface area contributed by atoms with Crippen molar-refractivity contribution in [1.29, 1.82) is 0 Å². The van der Waals surface area contributed by atoms with Crippen LogP contribution < -0.4 is 15.5 Å². The first-order chi connectivity index (χ1) is 19.2. The van der Waals surface area contributed by atoms with Crippen LogP contribution in [0.3, 0.4) is 0 Å². The minimum atomic E-state index is -0.503. The van der Waals surface area contributed by atoms with Crippen LogP contribution in [-0.4, -0.2) is 40.5 Å². The third-order valence-corrected chi connectivity index (χ3v) is 6.96. The van der Waals surface area contributed by atoms with Crippen LogP contribution in [0.15, 0.2) is 72.8 Å². The molecule has 1 aliphatic rings. The first-order valence-corrected chi connectivity index (χ1v) is 13.9. The van der Waals surface area contributed by atoms with E-state index in [1.54, 1.807) is 0 Å². The van der Waals surface area contributed by atoms with Gasteiger partial charge < -0.3 is 25.3 Å². The number of imidazole rings is 1. The van der Waals surface area contributed by atoms with E-state index >= 15 is 0 Å². The van der Waals surface area contributed by atoms with Crippen LogP contribution in [0, 0.1) is 0 Å². The lowest BCUT2D eigenvalue weighted by atomic mass is 9.91. The molecule has 0 radical (unpaired) electrons. The summed E-state index contributed by atoms with van der Waals surface area (Å²) in [5.74, 6) is 0.543. The van der Waals surface area contributed by atoms with Crippen LogP contribution in [-0.2, 0) is 20.9 Å². The molecule has 8 nitrogen and oxygen atoms in total. The maximum Gasteiger partial charge on any atom is 0.306 e. The Labute approximate surface area is 235 Å². The minimum absolute atomic E-state index is 0.0372. The number of benzene rings is 3. The number of ether oxygens (including phenoxy) is 1. The van der Waals surface area contributed by atoms with Crippen molar-refractivity contribution in [2.75, 3.05) is 23.3 Å². The number of H-pyrrole nitrogens is 1. The van der Waals surface area contributed by atoms with Crippen LogP contribution in [0.4, 0.5) is 17.3 Å². The van der Waals surface area contributed by atoms with Gasteiger partial charge in [-0.05, 0) is 81.0 Å². The van der Waals surface area contributed by atoms with Gasteiger partial charge in [-0.2, -0.15) is 0 Å². The van der Waals surface area contributed by atoms with Crippen molar-refractivity contribution in [2.24, 2.45) is 0 Å². The lowest BCUT2D eigenvalue weighted by Gasteiger charge is -2.26. The fourth-order valence-corrected chi connectivity index (χ4v) is 5.17. The molecule has 0 spiro atoms. The van der Waals surface area contributed by atoms with Crippen molar-refractivity contribution in [3.63, 3.8) is 0 Å². The zero-order valence-corrected chi connectivity index (χ0v) is 23.4. The Hall–Kier alpha value is -4.33. The van der Waals surface area contributed by atoms with Gasteiger partial charge in [0.2, 0.25) is 11.9 Å². The summed E-state index contributed by atoms with van der Waals surface area (Å²) < 4.78 is 5.59. The highest BCUT2D eigenvalue weighted by atomic mass is 16.6. The van der Waals surface area contributed by atoms with Crippen LogP contribution in [0.5, 0.6) is 0 Å². The maximum absolute atomic E-state index is 13.0. The van der Waals surface area contributed by atoms with Crippen LogP contribution >= 0.6 is 0 Å². The Morgan fingerprint density at radius 1 is 1.02 bits per heavy atom. The number of aromatic nitrogens is 2. The van der Waals surface area contributed by atoms with Crippen molar-refractivity contribution in [3.05, 3.63) is 83.9 Å². The van der Waals surface area contributed by atoms with Crippen LogP contribution in [0.25, 0.3) is 11.0 Å². The van der Waals surface area contributed by atoms with E-state index in [4.69, 9.17) is 4.74 Å². The first kappa shape index (κ1) is 27.2. The number of hydrogen-bond donors (Lipinski definition) is 3. The van der Waals surface area contributed by atoms with Gasteiger partial charge in [-0.1, -0.05) is 42.5 Å². The van der Waals surface area contributed by atoms with Gasteiger partial charge in [0.1, 0.15) is 5.60 Å². The monoisotopic (exact) mass is 539 g/mol. The maximum atomic E-state index is 13.0. The van der Waals surface area contributed by atoms with Crippen molar-refractivity contribution in [1.82, 2.24) is 15.3 Å². The van der Waals surface area contributed by atoms with E-state index in [0.717, 1.165) is 52.9 Å². The molecule has 1 aromatic heterocycles. The molecule has 1 amide bonds. The number of para-hydroxylation sites is 3. The van der Waals surface area contributed by atoms with Crippen LogP contribution in [0.1, 0.15) is 57.1 Å². The number of nitrogens with zero attached hydrogens (tertiary/aromatic N) is 2. The molecule has 0 aliphatic carbocycles. The lowest BCUT2D eigenvalue weighted by molar-refractivity contribution is -0.155. The predicted molar refractivity (Wildman–Crippen MR) is 159 cm³/mol. The van der Waals surface area contributed by atoms with E-state index in [9.17, 15) is 9.59 Å². The molecule has 208 valence electrons. The smallest absolute Gasteiger partial charge is 0.306 e. The summed E-state index contributed by atoms with van der Waals surface area (Å²) in [5.41, 5.74) is 5.44. The Kier molecular flexibility index (Phi) is 8.05. The quantitative estimate of drug-likeness (QED) is 0.236. The molecule has 1 unspecified atom stereocenters. The number of anilines is 3. The summed E-state index contributed by atoms with van der Waals surface area (Å²) in [6.45, 7) is 7.14. The summed E-state index contributed by atoms with van der Waals surface area (Å²) >= 11 is 0. The summed E-state index contributed by atoms with van der Waals surface area (Å²) in [6.07, 6.45) is 2.12. The number of aromatic amines is 1. The van der Waals surface area contributed by atoms with Gasteiger partial charge in [-0.15, -0.1) is 0 Å². The Balaban J connectivity index is 1.16. The number of carbonyl (C=O) groups is 2. The molecule has 0 saturated heterocycles. The van der Waals surface area contributed by atoms with E-state index in [1.807, 2.05) is 87.5 Å². The van der Waals surface area contributed by atoms with Gasteiger partial charge in [0.25, 0.3) is 0 Å². The average molecular weight is 540 g/mol. The van der Waals surface area contributed by atoms with E-state index in [1.165, 1.54) is 0 Å². The van der Waals surface area contributed by atoms with Crippen molar-refractivity contribution >= 4 is 40.2 Å². The minimum Gasteiger partial charge on any atom is -0.460 e. The van der Waals surface area contributed by atoms with Gasteiger partial charge in [-0.25, -0.2) is 4.98 Å². The zero-order chi connectivity index (χ0) is 28.1. The summed E-state index contributed by atoms with van der Waals surface area (Å²) in [5, 5.41) is 6.35. The summed E-state index contributed by atoms with van der Waals surface area (Å²) in [7, 11) is 0. The van der Waals surface area contributed by atoms with Crippen molar-refractivity contribution in [2.45, 2.75) is 58.1 Å². The third-order valence-electron chi connectivity index (χ3n) is 6.96. The van der Waals surface area contributed by atoms with Crippen LogP contribution in [0.2, 0.25) is 0 Å². The molecule has 1 aliphatic heterocycles. The Morgan fingerprint density at radius 3 is 2.55 bits per heavy atom. The molecule has 40 heavy (non-hydrogen) atoms. The van der Waals surface area contributed by atoms with E-state index < -0.39 is 5.60 Å². The fraction of sp³-hybridized carbons (Fsp3) is 0.344. The lowest BCUT2D eigenvalue weighted by Crippen LogP contribution is -2.37. The largest absolute Gasteiger partial charge is 0.460 e. The standard InChI is InChI=1S/C32H37N5O3/c1-32(2,3)40-30(39)19-23-9-8-18-37(28-13-7-4-10-25(23)28)21-29(38)33-20-22-14-16-24(17-15-22)34-31-35-26-11-5-6-12-27(26)36-31/h4-7,10-17,23H,8-9,18-21H2,1-3H3,(H,33,38)(H2,34,35,36). The second-order valence-corrected chi connectivity index (χ2v) is 11.3. The molecule has 8 heteroatoms. The molecule has 0 fully saturated rings. The molecule has 3 aromatic carbocycles. The van der Waals surface area contributed by atoms with E-state index in [0.29, 0.717) is 18.9 Å². The molecule has 0 bridgehead atoms. The topological polar surface area (TPSA) is 99.3 Å². The summed E-state index contributed by atoms with van der Waals surface area (Å²) in [4.78, 5) is 35.5. The predicted octanol–water partition coefficient (Wildman–Crippen LogP) is 6.04. The normalized spacial score (nSPS) is 15.3. The van der Waals surface area contributed by atoms with Gasteiger partial charge >= 0.3 is 5.97 Å². The average Bonchev–Trinajstić information content (AvgIpc) is 3.25. The number of rotatable bonds is 8. The van der Waals surface area contributed by atoms with Crippen molar-refractivity contribution in [3.8, 4) is 0 Å². The fourth-order valence-electron chi connectivity index (χ4n) is 5.17. The summed E-state index contributed by atoms with van der Waals surface area (Å²) in [6, 6.07) is 23.9. The SMILES string of the molecule is CC(C)(C)OC(=O)CC1CCCN(CC(=O)NCc2ccc(Nc3nc4ccccc4[nH]3)cc2)c2ccccc21. The third kappa shape index (κ3) is 7.00. The number of hydrogen-bond acceptors (Lipinski definition) is 6. The molecule has 5 rings (SSSR count). The zero-order valence-electron chi connectivity index (χ0n) is 23.4. The first-order valence-electron chi connectivity index (χ1n) is 13.9. The molecule has 0 saturated carbocycles. The van der Waals surface area contributed by atoms with Crippen molar-refractivity contribution < 1.29 is 14.3 Å².